The highest BCUT2D eigenvalue weighted by atomic mass is 15.0. The van der Waals surface area contributed by atoms with E-state index in [2.05, 4.69) is 41.0 Å². The smallest absolute Gasteiger partial charge is 0.159 e. The average molecular weight is 270 g/mol. The van der Waals surface area contributed by atoms with Crippen molar-refractivity contribution in [3.8, 4) is 11.4 Å². The van der Waals surface area contributed by atoms with Crippen molar-refractivity contribution in [2.45, 2.75) is 46.7 Å². The summed E-state index contributed by atoms with van der Waals surface area (Å²) >= 11 is 0. The zero-order valence-corrected chi connectivity index (χ0v) is 12.9. The molecular formula is C16H22N4. The molecule has 0 aliphatic heterocycles. The molecule has 0 bridgehead atoms. The van der Waals surface area contributed by atoms with Crippen molar-refractivity contribution < 1.29 is 0 Å². The number of rotatable bonds is 3. The summed E-state index contributed by atoms with van der Waals surface area (Å²) in [6.45, 7) is 11.2. The fourth-order valence-corrected chi connectivity index (χ4v) is 1.93. The molecule has 0 unspecified atom stereocenters. The summed E-state index contributed by atoms with van der Waals surface area (Å²) in [5.41, 5.74) is 4.18. The number of aromatic nitrogens is 3. The van der Waals surface area contributed by atoms with Crippen LogP contribution in [0.25, 0.3) is 11.4 Å². The van der Waals surface area contributed by atoms with Crippen LogP contribution in [-0.4, -0.2) is 20.5 Å². The fourth-order valence-electron chi connectivity index (χ4n) is 1.93. The maximum atomic E-state index is 4.45. The second-order valence-electron chi connectivity index (χ2n) is 6.16. The van der Waals surface area contributed by atoms with Gasteiger partial charge in [-0.1, -0.05) is 0 Å². The molecule has 0 saturated carbocycles. The quantitative estimate of drug-likeness (QED) is 0.931. The van der Waals surface area contributed by atoms with Crippen LogP contribution in [0.15, 0.2) is 24.5 Å². The second-order valence-corrected chi connectivity index (χ2v) is 6.16. The molecule has 4 heteroatoms. The molecule has 0 radical (unpaired) electrons. The monoisotopic (exact) mass is 270 g/mol. The Morgan fingerprint density at radius 2 is 1.55 bits per heavy atom. The summed E-state index contributed by atoms with van der Waals surface area (Å²) in [5, 5.41) is 3.43. The molecular weight excluding hydrogens is 248 g/mol. The molecule has 4 nitrogen and oxygen atoms in total. The van der Waals surface area contributed by atoms with Crippen LogP contribution in [0.3, 0.4) is 0 Å². The van der Waals surface area contributed by atoms with Crippen LogP contribution in [0, 0.1) is 13.8 Å². The molecule has 0 saturated heterocycles. The zero-order chi connectivity index (χ0) is 14.8. The number of hydrogen-bond donors (Lipinski definition) is 1. The topological polar surface area (TPSA) is 50.7 Å². The minimum Gasteiger partial charge on any atom is -0.308 e. The minimum absolute atomic E-state index is 0.0952. The van der Waals surface area contributed by atoms with Gasteiger partial charge in [0.05, 0.1) is 0 Å². The normalized spacial score (nSPS) is 11.7. The van der Waals surface area contributed by atoms with Gasteiger partial charge in [0.15, 0.2) is 5.82 Å². The lowest BCUT2D eigenvalue weighted by atomic mass is 10.1. The number of aryl methyl sites for hydroxylation is 2. The van der Waals surface area contributed by atoms with Gasteiger partial charge in [-0.2, -0.15) is 0 Å². The van der Waals surface area contributed by atoms with Gasteiger partial charge in [-0.25, -0.2) is 9.97 Å². The molecule has 2 rings (SSSR count). The predicted octanol–water partition coefficient (Wildman–Crippen LogP) is 3.04. The Kier molecular flexibility index (Phi) is 4.14. The van der Waals surface area contributed by atoms with Crippen molar-refractivity contribution in [2.24, 2.45) is 0 Å². The predicted molar refractivity (Wildman–Crippen MR) is 81.3 cm³/mol. The van der Waals surface area contributed by atoms with Crippen molar-refractivity contribution in [1.82, 2.24) is 20.3 Å². The van der Waals surface area contributed by atoms with Gasteiger partial charge in [0.2, 0.25) is 0 Å². The third-order valence-corrected chi connectivity index (χ3v) is 2.87. The largest absolute Gasteiger partial charge is 0.308 e. The van der Waals surface area contributed by atoms with E-state index in [1.165, 1.54) is 0 Å². The summed E-state index contributed by atoms with van der Waals surface area (Å²) in [6, 6.07) is 4.02. The van der Waals surface area contributed by atoms with Gasteiger partial charge in [-0.05, 0) is 46.8 Å². The Balaban J connectivity index is 2.15. The van der Waals surface area contributed by atoms with E-state index in [4.69, 9.17) is 0 Å². The first-order valence-corrected chi connectivity index (χ1v) is 6.85. The molecule has 0 aliphatic carbocycles. The minimum atomic E-state index is 0.0952. The van der Waals surface area contributed by atoms with Gasteiger partial charge >= 0.3 is 0 Å². The molecule has 2 heterocycles. The van der Waals surface area contributed by atoms with Gasteiger partial charge in [0.1, 0.15) is 0 Å². The Morgan fingerprint density at radius 1 is 1.00 bits per heavy atom. The van der Waals surface area contributed by atoms with Crippen LogP contribution in [0.5, 0.6) is 0 Å². The Hall–Kier alpha value is -1.81. The van der Waals surface area contributed by atoms with Crippen LogP contribution < -0.4 is 5.32 Å². The molecule has 0 aliphatic rings. The molecule has 0 spiro atoms. The lowest BCUT2D eigenvalue weighted by Gasteiger charge is -2.20. The third-order valence-electron chi connectivity index (χ3n) is 2.87. The summed E-state index contributed by atoms with van der Waals surface area (Å²) in [6.07, 6.45) is 3.76. The SMILES string of the molecule is Cc1cc(-c2ncc(CNC(C)(C)C)cn2)cc(C)n1. The third kappa shape index (κ3) is 4.10. The van der Waals surface area contributed by atoms with Crippen molar-refractivity contribution in [3.05, 3.63) is 41.5 Å². The molecule has 0 atom stereocenters. The lowest BCUT2D eigenvalue weighted by Crippen LogP contribution is -2.35. The van der Waals surface area contributed by atoms with Crippen LogP contribution in [0.2, 0.25) is 0 Å². The van der Waals surface area contributed by atoms with E-state index in [0.717, 1.165) is 34.9 Å². The highest BCUT2D eigenvalue weighted by Gasteiger charge is 2.09. The van der Waals surface area contributed by atoms with Gasteiger partial charge < -0.3 is 5.32 Å². The molecule has 106 valence electrons. The van der Waals surface area contributed by atoms with Crippen molar-refractivity contribution in [1.29, 1.82) is 0 Å². The number of nitrogens with zero attached hydrogens (tertiary/aromatic N) is 3. The number of nitrogens with one attached hydrogen (secondary N) is 1. The van der Waals surface area contributed by atoms with Crippen molar-refractivity contribution in [2.75, 3.05) is 0 Å². The van der Waals surface area contributed by atoms with E-state index < -0.39 is 0 Å². The van der Waals surface area contributed by atoms with Crippen LogP contribution in [0.1, 0.15) is 37.7 Å². The zero-order valence-electron chi connectivity index (χ0n) is 12.9. The maximum Gasteiger partial charge on any atom is 0.159 e. The Morgan fingerprint density at radius 3 is 2.05 bits per heavy atom. The average Bonchev–Trinajstić information content (AvgIpc) is 2.35. The number of pyridine rings is 1. The van der Waals surface area contributed by atoms with E-state index in [1.54, 1.807) is 0 Å². The standard InChI is InChI=1S/C16H22N4/c1-11-6-14(7-12(2)20-11)15-17-8-13(9-18-15)10-19-16(3,4)5/h6-9,19H,10H2,1-5H3. The van der Waals surface area contributed by atoms with Gasteiger partial charge in [-0.15, -0.1) is 0 Å². The molecule has 20 heavy (non-hydrogen) atoms. The molecule has 1 N–H and O–H groups in total. The van der Waals surface area contributed by atoms with Gasteiger partial charge in [0.25, 0.3) is 0 Å². The first-order chi connectivity index (χ1) is 9.33. The highest BCUT2D eigenvalue weighted by Crippen LogP contribution is 2.16. The summed E-state index contributed by atoms with van der Waals surface area (Å²) in [7, 11) is 0. The second kappa shape index (κ2) is 5.67. The van der Waals surface area contributed by atoms with E-state index in [9.17, 15) is 0 Å². The van der Waals surface area contributed by atoms with E-state index >= 15 is 0 Å². The molecule has 2 aromatic heterocycles. The molecule has 2 aromatic rings. The Bertz CT molecular complexity index is 562. The van der Waals surface area contributed by atoms with E-state index in [0.29, 0.717) is 0 Å². The van der Waals surface area contributed by atoms with Crippen LogP contribution in [0.4, 0.5) is 0 Å². The van der Waals surface area contributed by atoms with E-state index in [1.807, 2.05) is 38.4 Å². The van der Waals surface area contributed by atoms with E-state index in [-0.39, 0.29) is 5.54 Å². The first kappa shape index (κ1) is 14.6. The lowest BCUT2D eigenvalue weighted by molar-refractivity contribution is 0.423. The molecule has 0 amide bonds. The van der Waals surface area contributed by atoms with Crippen LogP contribution >= 0.6 is 0 Å². The maximum absolute atomic E-state index is 4.45. The first-order valence-electron chi connectivity index (χ1n) is 6.85. The van der Waals surface area contributed by atoms with Crippen molar-refractivity contribution in [3.63, 3.8) is 0 Å². The highest BCUT2D eigenvalue weighted by molar-refractivity contribution is 5.55. The summed E-state index contributed by atoms with van der Waals surface area (Å²) < 4.78 is 0. The molecule has 0 aromatic carbocycles. The Labute approximate surface area is 120 Å². The summed E-state index contributed by atoms with van der Waals surface area (Å²) in [4.78, 5) is 13.3. The fraction of sp³-hybridized carbons (Fsp3) is 0.438. The molecule has 0 fully saturated rings. The van der Waals surface area contributed by atoms with Gasteiger partial charge in [-0.3, -0.25) is 4.98 Å². The van der Waals surface area contributed by atoms with Crippen molar-refractivity contribution >= 4 is 0 Å². The van der Waals surface area contributed by atoms with Crippen LogP contribution in [-0.2, 0) is 6.54 Å². The number of hydrogen-bond acceptors (Lipinski definition) is 4. The van der Waals surface area contributed by atoms with Gasteiger partial charge in [0, 0.05) is 47.0 Å². The summed E-state index contributed by atoms with van der Waals surface area (Å²) in [5.74, 6) is 0.748.